The minimum absolute atomic E-state index is 0.357. The Morgan fingerprint density at radius 1 is 1.58 bits per heavy atom. The monoisotopic (exact) mass is 342 g/mol. The number of nitrogens with zero attached hydrogens (tertiary/aromatic N) is 1. The quantitative estimate of drug-likeness (QED) is 0.891. The van der Waals surface area contributed by atoms with Gasteiger partial charge in [0.25, 0.3) is 0 Å². The van der Waals surface area contributed by atoms with Crippen LogP contribution in [-0.4, -0.2) is 23.2 Å². The number of nitrogens with two attached hydrogens (primary N) is 1. The van der Waals surface area contributed by atoms with Gasteiger partial charge in [-0.1, -0.05) is 0 Å². The van der Waals surface area contributed by atoms with E-state index in [0.29, 0.717) is 10.7 Å². The van der Waals surface area contributed by atoms with Crippen LogP contribution in [-0.2, 0) is 4.79 Å². The highest BCUT2D eigenvalue weighted by Crippen LogP contribution is 2.34. The number of rotatable bonds is 4. The standard InChI is InChI=1S/C12H11BrN2O3S/c1-18-6-2-3-7(8(13)4-6)11-15-9(5-19-11)10(14)12(16)17/h2-5,10H,14H2,1H3,(H,16,17). The number of methoxy groups -OCH3 is 1. The fraction of sp³-hybridized carbons (Fsp3) is 0.167. The van der Waals surface area contributed by atoms with Crippen LogP contribution in [0.5, 0.6) is 5.75 Å². The number of halogens is 1. The summed E-state index contributed by atoms with van der Waals surface area (Å²) in [5.74, 6) is -0.361. The van der Waals surface area contributed by atoms with E-state index >= 15 is 0 Å². The molecule has 100 valence electrons. The maximum atomic E-state index is 10.8. The summed E-state index contributed by atoms with van der Waals surface area (Å²) in [6.07, 6.45) is 0. The van der Waals surface area contributed by atoms with Crippen molar-refractivity contribution in [2.75, 3.05) is 7.11 Å². The van der Waals surface area contributed by atoms with Crippen molar-refractivity contribution in [2.24, 2.45) is 5.73 Å². The van der Waals surface area contributed by atoms with Crippen LogP contribution in [0.2, 0.25) is 0 Å². The molecule has 0 bridgehead atoms. The predicted octanol–water partition coefficient (Wildman–Crippen LogP) is 2.67. The Kier molecular flexibility index (Phi) is 4.18. The average molecular weight is 343 g/mol. The Morgan fingerprint density at radius 3 is 2.89 bits per heavy atom. The van der Waals surface area contributed by atoms with Crippen LogP contribution in [0.4, 0.5) is 0 Å². The molecule has 19 heavy (non-hydrogen) atoms. The van der Waals surface area contributed by atoms with Gasteiger partial charge in [-0.05, 0) is 34.1 Å². The topological polar surface area (TPSA) is 85.4 Å². The van der Waals surface area contributed by atoms with Crippen molar-refractivity contribution < 1.29 is 14.6 Å². The molecule has 0 aliphatic carbocycles. The number of thiazole rings is 1. The lowest BCUT2D eigenvalue weighted by atomic mass is 10.2. The Hall–Kier alpha value is -1.44. The Balaban J connectivity index is 2.35. The lowest BCUT2D eigenvalue weighted by molar-refractivity contribution is -0.138. The van der Waals surface area contributed by atoms with Gasteiger partial charge in [0.15, 0.2) is 0 Å². The third kappa shape index (κ3) is 2.94. The Labute approximate surface area is 122 Å². The maximum absolute atomic E-state index is 10.8. The second kappa shape index (κ2) is 5.68. The molecule has 0 aliphatic rings. The van der Waals surface area contributed by atoms with E-state index in [9.17, 15) is 4.79 Å². The molecule has 0 aliphatic heterocycles. The Morgan fingerprint density at radius 2 is 2.32 bits per heavy atom. The first-order valence-corrected chi connectivity index (χ1v) is 6.98. The maximum Gasteiger partial charge on any atom is 0.326 e. The number of hydrogen-bond acceptors (Lipinski definition) is 5. The molecule has 2 rings (SSSR count). The first-order valence-electron chi connectivity index (χ1n) is 5.30. The van der Waals surface area contributed by atoms with E-state index in [2.05, 4.69) is 20.9 Å². The smallest absolute Gasteiger partial charge is 0.326 e. The van der Waals surface area contributed by atoms with E-state index < -0.39 is 12.0 Å². The van der Waals surface area contributed by atoms with Gasteiger partial charge in [0, 0.05) is 15.4 Å². The normalized spacial score (nSPS) is 12.2. The summed E-state index contributed by atoms with van der Waals surface area (Å²) in [5.41, 5.74) is 6.75. The molecule has 1 heterocycles. The van der Waals surface area contributed by atoms with Crippen molar-refractivity contribution >= 4 is 33.2 Å². The zero-order chi connectivity index (χ0) is 14.0. The minimum Gasteiger partial charge on any atom is -0.497 e. The molecule has 3 N–H and O–H groups in total. The molecular weight excluding hydrogens is 332 g/mol. The SMILES string of the molecule is COc1ccc(-c2nc(C(N)C(=O)O)cs2)c(Br)c1. The first kappa shape index (κ1) is 14.0. The molecule has 1 atom stereocenters. The minimum atomic E-state index is -1.10. The van der Waals surface area contributed by atoms with Crippen LogP contribution in [0.1, 0.15) is 11.7 Å². The molecule has 2 aromatic rings. The summed E-state index contributed by atoms with van der Waals surface area (Å²) in [6, 6.07) is 4.41. The number of hydrogen-bond donors (Lipinski definition) is 2. The molecule has 0 saturated carbocycles. The molecule has 0 amide bonds. The molecule has 0 saturated heterocycles. The molecule has 1 aromatic carbocycles. The van der Waals surface area contributed by atoms with Crippen molar-refractivity contribution in [3.63, 3.8) is 0 Å². The van der Waals surface area contributed by atoms with Crippen LogP contribution in [0, 0.1) is 0 Å². The first-order chi connectivity index (χ1) is 9.02. The van der Waals surface area contributed by atoms with Crippen LogP contribution in [0.3, 0.4) is 0 Å². The van der Waals surface area contributed by atoms with Crippen LogP contribution < -0.4 is 10.5 Å². The van der Waals surface area contributed by atoms with Gasteiger partial charge >= 0.3 is 5.97 Å². The van der Waals surface area contributed by atoms with Crippen molar-refractivity contribution in [1.82, 2.24) is 4.98 Å². The van der Waals surface area contributed by atoms with E-state index in [0.717, 1.165) is 15.8 Å². The fourth-order valence-electron chi connectivity index (χ4n) is 1.48. The third-order valence-corrected chi connectivity index (χ3v) is 4.06. The molecular formula is C12H11BrN2O3S. The number of ether oxygens (including phenoxy) is 1. The van der Waals surface area contributed by atoms with Gasteiger partial charge in [0.2, 0.25) is 0 Å². The van der Waals surface area contributed by atoms with E-state index in [-0.39, 0.29) is 0 Å². The summed E-state index contributed by atoms with van der Waals surface area (Å²) < 4.78 is 5.95. The molecule has 1 aromatic heterocycles. The Bertz CT molecular complexity index is 615. The van der Waals surface area contributed by atoms with Crippen LogP contribution in [0.25, 0.3) is 10.6 Å². The van der Waals surface area contributed by atoms with Crippen molar-refractivity contribution in [3.05, 3.63) is 33.7 Å². The zero-order valence-electron chi connectivity index (χ0n) is 9.96. The number of benzene rings is 1. The molecule has 0 fully saturated rings. The summed E-state index contributed by atoms with van der Waals surface area (Å²) in [5, 5.41) is 11.2. The van der Waals surface area contributed by atoms with Gasteiger partial charge < -0.3 is 15.6 Å². The van der Waals surface area contributed by atoms with Crippen molar-refractivity contribution in [1.29, 1.82) is 0 Å². The highest BCUT2D eigenvalue weighted by Gasteiger charge is 2.18. The summed E-state index contributed by atoms with van der Waals surface area (Å²) in [6.45, 7) is 0. The van der Waals surface area contributed by atoms with Gasteiger partial charge in [-0.25, -0.2) is 4.98 Å². The lowest BCUT2D eigenvalue weighted by Gasteiger charge is -2.04. The molecule has 0 spiro atoms. The highest BCUT2D eigenvalue weighted by atomic mass is 79.9. The van der Waals surface area contributed by atoms with Gasteiger partial charge in [-0.15, -0.1) is 11.3 Å². The highest BCUT2D eigenvalue weighted by molar-refractivity contribution is 9.10. The lowest BCUT2D eigenvalue weighted by Crippen LogP contribution is -2.20. The number of carboxylic acids is 1. The second-order valence-corrected chi connectivity index (χ2v) is 5.45. The summed E-state index contributed by atoms with van der Waals surface area (Å²) >= 11 is 4.79. The van der Waals surface area contributed by atoms with Crippen molar-refractivity contribution in [2.45, 2.75) is 6.04 Å². The number of aromatic nitrogens is 1. The summed E-state index contributed by atoms with van der Waals surface area (Å²) in [7, 11) is 1.59. The third-order valence-electron chi connectivity index (χ3n) is 2.51. The van der Waals surface area contributed by atoms with E-state index in [4.69, 9.17) is 15.6 Å². The van der Waals surface area contributed by atoms with Crippen LogP contribution in [0.15, 0.2) is 28.1 Å². The fourth-order valence-corrected chi connectivity index (χ4v) is 3.05. The molecule has 0 radical (unpaired) electrons. The van der Waals surface area contributed by atoms with Crippen molar-refractivity contribution in [3.8, 4) is 16.3 Å². The van der Waals surface area contributed by atoms with Gasteiger partial charge in [0.1, 0.15) is 16.8 Å². The number of carbonyl (C=O) groups is 1. The summed E-state index contributed by atoms with van der Waals surface area (Å²) in [4.78, 5) is 15.1. The average Bonchev–Trinajstić information content (AvgIpc) is 2.86. The number of carboxylic acid groups (broad SMARTS) is 1. The predicted molar refractivity (Wildman–Crippen MR) is 76.4 cm³/mol. The van der Waals surface area contributed by atoms with Gasteiger partial charge in [0.05, 0.1) is 12.8 Å². The molecule has 7 heteroatoms. The van der Waals surface area contributed by atoms with Crippen LogP contribution >= 0.6 is 27.3 Å². The zero-order valence-corrected chi connectivity index (χ0v) is 12.4. The molecule has 1 unspecified atom stereocenters. The van der Waals surface area contributed by atoms with E-state index in [1.165, 1.54) is 11.3 Å². The van der Waals surface area contributed by atoms with E-state index in [1.54, 1.807) is 12.5 Å². The van der Waals surface area contributed by atoms with E-state index in [1.807, 2.05) is 18.2 Å². The number of aliphatic carboxylic acids is 1. The second-order valence-electron chi connectivity index (χ2n) is 3.74. The molecule has 5 nitrogen and oxygen atoms in total. The van der Waals surface area contributed by atoms with Gasteiger partial charge in [-0.2, -0.15) is 0 Å². The largest absolute Gasteiger partial charge is 0.497 e. The van der Waals surface area contributed by atoms with Gasteiger partial charge in [-0.3, -0.25) is 4.79 Å².